The number of nitro benzene ring substituents is 1. The number of quaternary nitrogens is 1. The van der Waals surface area contributed by atoms with E-state index in [2.05, 4.69) is 0 Å². The first-order chi connectivity index (χ1) is 12.3. The zero-order chi connectivity index (χ0) is 20.2. The molecule has 0 aliphatic rings. The van der Waals surface area contributed by atoms with Gasteiger partial charge >= 0.3 is 0 Å². The molecule has 0 aromatic heterocycles. The maximum Gasteiger partial charge on any atom is 0.269 e. The van der Waals surface area contributed by atoms with Gasteiger partial charge in [-0.25, -0.2) is 0 Å². The molecule has 0 aliphatic heterocycles. The number of aliphatic hydroxyl groups is 5. The normalized spacial score (nSPS) is 10.6. The summed E-state index contributed by atoms with van der Waals surface area (Å²) in [5.41, 5.74) is -1.30. The van der Waals surface area contributed by atoms with E-state index in [0.29, 0.717) is 4.90 Å². The van der Waals surface area contributed by atoms with E-state index in [4.69, 9.17) is 25.5 Å². The molecule has 1 aromatic rings. The Labute approximate surface area is 155 Å². The molecule has 0 heterocycles. The number of hydrogen-bond donors (Lipinski definition) is 6. The molecule has 0 spiro atoms. The number of nitro groups is 1. The minimum atomic E-state index is -1.34. The fourth-order valence-electron chi connectivity index (χ4n) is 2.13. The van der Waals surface area contributed by atoms with E-state index in [9.17, 15) is 20.0 Å². The predicted molar refractivity (Wildman–Crippen MR) is 89.9 cm³/mol. The van der Waals surface area contributed by atoms with E-state index in [-0.39, 0.29) is 43.0 Å². The number of aliphatic hydroxyl groups excluding tert-OH is 5. The molecule has 12 nitrogen and oxygen atoms in total. The van der Waals surface area contributed by atoms with Crippen LogP contribution in [-0.4, -0.2) is 93.6 Å². The highest BCUT2D eigenvalue weighted by Gasteiger charge is 2.38. The van der Waals surface area contributed by atoms with Crippen LogP contribution in [0.2, 0.25) is 0 Å². The van der Waals surface area contributed by atoms with Crippen molar-refractivity contribution in [1.29, 1.82) is 0 Å². The molecule has 0 saturated carbocycles. The fraction of sp³-hybridized carbons (Fsp3) is 0.533. The van der Waals surface area contributed by atoms with Crippen molar-refractivity contribution in [2.45, 2.75) is 5.54 Å². The van der Waals surface area contributed by atoms with Gasteiger partial charge in [0, 0.05) is 12.1 Å². The van der Waals surface area contributed by atoms with Crippen LogP contribution in [0.4, 0.5) is 5.69 Å². The molecule has 156 valence electrons. The molecule has 0 aliphatic carbocycles. The Morgan fingerprint density at radius 1 is 0.963 bits per heavy atom. The highest BCUT2D eigenvalue weighted by atomic mass is 16.6. The molecule has 0 radical (unpaired) electrons. The van der Waals surface area contributed by atoms with Crippen molar-refractivity contribution in [3.05, 3.63) is 39.9 Å². The van der Waals surface area contributed by atoms with Crippen molar-refractivity contribution in [3.8, 4) is 0 Å². The van der Waals surface area contributed by atoms with Crippen molar-refractivity contribution in [1.82, 2.24) is 0 Å². The average Bonchev–Trinajstić information content (AvgIpc) is 2.64. The van der Waals surface area contributed by atoms with E-state index < -0.39 is 36.3 Å². The number of non-ortho nitro benzene ring substituents is 1. The molecule has 0 atom stereocenters. The van der Waals surface area contributed by atoms with Crippen LogP contribution in [0.15, 0.2) is 24.3 Å². The smallest absolute Gasteiger partial charge is 0.269 e. The van der Waals surface area contributed by atoms with Gasteiger partial charge in [-0.3, -0.25) is 10.1 Å². The van der Waals surface area contributed by atoms with Crippen LogP contribution in [0.3, 0.4) is 0 Å². The molecule has 0 saturated heterocycles. The monoisotopic (exact) mass is 394 g/mol. The third-order valence-electron chi connectivity index (χ3n) is 3.80. The molecule has 8 N–H and O–H groups in total. The van der Waals surface area contributed by atoms with Gasteiger partial charge in [-0.2, -0.15) is 0 Å². The summed E-state index contributed by atoms with van der Waals surface area (Å²) in [4.78, 5) is 20.3. The number of rotatable bonds is 10. The van der Waals surface area contributed by atoms with Crippen LogP contribution in [-0.2, 0) is 0 Å². The van der Waals surface area contributed by atoms with Crippen LogP contribution >= 0.6 is 0 Å². The summed E-state index contributed by atoms with van der Waals surface area (Å²) in [6, 6.07) is 4.50. The van der Waals surface area contributed by atoms with Crippen molar-refractivity contribution < 1.29 is 50.7 Å². The summed E-state index contributed by atoms with van der Waals surface area (Å²) in [5, 5.41) is 65.1. The average molecular weight is 394 g/mol. The first-order valence-corrected chi connectivity index (χ1v) is 7.67. The van der Waals surface area contributed by atoms with Crippen molar-refractivity contribution in [3.63, 3.8) is 0 Å². The lowest BCUT2D eigenvalue weighted by Gasteiger charge is -2.36. The largest absolute Gasteiger partial charge is 0.545 e. The van der Waals surface area contributed by atoms with Gasteiger partial charge in [0.1, 0.15) is 32.9 Å². The standard InChI is InChI=1S/C8H19NO5.C7H5NO4.H2O/c10-3-1-9(2-4-11)8(5-12,6-13)7-14;9-7(10)5-1-3-6(4-2-5)8(11)12;/h10-14H,1-7H2;1-4H,(H,9,10);1H2. The van der Waals surface area contributed by atoms with E-state index >= 15 is 0 Å². The maximum atomic E-state index is 10.2. The first-order valence-electron chi connectivity index (χ1n) is 7.67. The number of hydrogen-bond acceptors (Lipinski definition) is 9. The Morgan fingerprint density at radius 2 is 1.37 bits per heavy atom. The summed E-state index contributed by atoms with van der Waals surface area (Å²) >= 11 is 0. The van der Waals surface area contributed by atoms with Gasteiger partial charge in [0.25, 0.3) is 5.69 Å². The molecule has 0 unspecified atom stereocenters. The summed E-state index contributed by atoms with van der Waals surface area (Å²) in [6.45, 7) is -0.904. The second-order valence-electron chi connectivity index (χ2n) is 5.40. The number of carbonyl (C=O) groups excluding carboxylic acids is 1. The van der Waals surface area contributed by atoms with Crippen molar-refractivity contribution in [2.75, 3.05) is 46.1 Å². The van der Waals surface area contributed by atoms with Crippen LogP contribution < -0.4 is 10.0 Å². The van der Waals surface area contributed by atoms with Gasteiger partial charge < -0.3 is 45.8 Å². The van der Waals surface area contributed by atoms with Gasteiger partial charge in [-0.05, 0) is 17.7 Å². The highest BCUT2D eigenvalue weighted by Crippen LogP contribution is 2.10. The Balaban J connectivity index is 0. The second-order valence-corrected chi connectivity index (χ2v) is 5.40. The number of benzene rings is 1. The van der Waals surface area contributed by atoms with E-state index in [0.717, 1.165) is 24.3 Å². The molecule has 1 aromatic carbocycles. The Morgan fingerprint density at radius 3 is 1.63 bits per heavy atom. The lowest BCUT2D eigenvalue weighted by molar-refractivity contribution is -0.955. The quantitative estimate of drug-likeness (QED) is 0.164. The number of aromatic carboxylic acids is 1. The molecular weight excluding hydrogens is 368 g/mol. The van der Waals surface area contributed by atoms with Gasteiger partial charge in [-0.15, -0.1) is 0 Å². The second kappa shape index (κ2) is 13.9. The van der Waals surface area contributed by atoms with Crippen LogP contribution in [0.5, 0.6) is 0 Å². The molecule has 0 amide bonds. The lowest BCUT2D eigenvalue weighted by Crippen LogP contribution is -3.23. The zero-order valence-corrected chi connectivity index (χ0v) is 14.6. The summed E-state index contributed by atoms with van der Waals surface area (Å²) in [5.74, 6) is -1.34. The third kappa shape index (κ3) is 8.36. The van der Waals surface area contributed by atoms with Gasteiger partial charge in [0.2, 0.25) is 0 Å². The highest BCUT2D eigenvalue weighted by molar-refractivity contribution is 5.85. The number of carboxylic acid groups (broad SMARTS) is 1. The topological polar surface area (TPSA) is 220 Å². The fourth-order valence-corrected chi connectivity index (χ4v) is 2.13. The van der Waals surface area contributed by atoms with Crippen LogP contribution in [0, 0.1) is 10.1 Å². The summed E-state index contributed by atoms with van der Waals surface area (Å²) in [6.07, 6.45) is 0. The molecule has 12 heteroatoms. The van der Waals surface area contributed by atoms with Crippen LogP contribution in [0.25, 0.3) is 0 Å². The maximum absolute atomic E-state index is 10.2. The molecule has 27 heavy (non-hydrogen) atoms. The molecule has 0 fully saturated rings. The number of carbonyl (C=O) groups is 1. The van der Waals surface area contributed by atoms with E-state index in [1.165, 1.54) is 0 Å². The Bertz CT molecular complexity index is 501. The predicted octanol–water partition coefficient (Wildman–Crippen LogP) is -5.29. The van der Waals surface area contributed by atoms with Crippen molar-refractivity contribution >= 4 is 11.7 Å². The summed E-state index contributed by atoms with van der Waals surface area (Å²) in [7, 11) is 0. The SMILES string of the molecule is O.O=C([O-])c1ccc([N+](=O)[O-])cc1.OCC[NH+](CCO)C(CO)(CO)CO. The number of nitrogens with zero attached hydrogens (tertiary/aromatic N) is 1. The minimum absolute atomic E-state index is 0. The lowest BCUT2D eigenvalue weighted by atomic mass is 10.0. The van der Waals surface area contributed by atoms with Gasteiger partial charge in [0.15, 0.2) is 5.54 Å². The Kier molecular flexibility index (Phi) is 14.0. The number of carboxylic acids is 1. The van der Waals surface area contributed by atoms with Crippen molar-refractivity contribution in [2.24, 2.45) is 0 Å². The molecular formula is C15H26N2O10. The first kappa shape index (κ1) is 27.0. The van der Waals surface area contributed by atoms with E-state index in [1.54, 1.807) is 0 Å². The number of nitrogens with one attached hydrogen (secondary N) is 1. The summed E-state index contributed by atoms with van der Waals surface area (Å²) < 4.78 is 0. The van der Waals surface area contributed by atoms with Gasteiger partial charge in [-0.1, -0.05) is 0 Å². The molecule has 1 rings (SSSR count). The van der Waals surface area contributed by atoms with E-state index in [1.807, 2.05) is 0 Å². The van der Waals surface area contributed by atoms with Gasteiger partial charge in [0.05, 0.1) is 24.1 Å². The minimum Gasteiger partial charge on any atom is -0.545 e. The molecule has 0 bridgehead atoms. The zero-order valence-electron chi connectivity index (χ0n) is 14.6. The third-order valence-corrected chi connectivity index (χ3v) is 3.80. The van der Waals surface area contributed by atoms with Crippen LogP contribution in [0.1, 0.15) is 10.4 Å². The Hall–Kier alpha value is -2.19.